The Morgan fingerprint density at radius 2 is 2.09 bits per heavy atom. The zero-order valence-corrected chi connectivity index (χ0v) is 19.8. The molecule has 0 aliphatic heterocycles. The van der Waals surface area contributed by atoms with Crippen LogP contribution in [-0.4, -0.2) is 54.7 Å². The van der Waals surface area contributed by atoms with Crippen LogP contribution in [0.15, 0.2) is 48.2 Å². The van der Waals surface area contributed by atoms with Crippen LogP contribution in [0, 0.1) is 5.95 Å². The number of nitrogens with one attached hydrogen (secondary N) is 1. The van der Waals surface area contributed by atoms with Crippen LogP contribution < -0.4 is 5.32 Å². The molecule has 0 fully saturated rings. The lowest BCUT2D eigenvalue weighted by molar-refractivity contribution is -0.129. The molecule has 11 heteroatoms. The highest BCUT2D eigenvalue weighted by molar-refractivity contribution is 7.14. The normalized spacial score (nSPS) is 11.3. The topological polar surface area (TPSA) is 90.0 Å². The van der Waals surface area contributed by atoms with E-state index in [1.54, 1.807) is 48.0 Å². The van der Waals surface area contributed by atoms with Gasteiger partial charge in [0, 0.05) is 51.7 Å². The number of rotatable bonds is 8. The van der Waals surface area contributed by atoms with Crippen LogP contribution >= 0.6 is 11.3 Å². The molecule has 0 aliphatic carbocycles. The molecule has 4 heterocycles. The maximum atomic E-state index is 13.4. The number of anilines is 1. The predicted molar refractivity (Wildman–Crippen MR) is 129 cm³/mol. The van der Waals surface area contributed by atoms with Gasteiger partial charge in [0.1, 0.15) is 12.2 Å². The third kappa shape index (κ3) is 5.31. The van der Waals surface area contributed by atoms with Crippen molar-refractivity contribution in [2.75, 3.05) is 19.4 Å². The molecule has 0 bridgehead atoms. The molecular weight excluding hydrogens is 457 g/mol. The van der Waals surface area contributed by atoms with Crippen molar-refractivity contribution in [1.29, 1.82) is 0 Å². The van der Waals surface area contributed by atoms with Gasteiger partial charge >= 0.3 is 0 Å². The summed E-state index contributed by atoms with van der Waals surface area (Å²) in [5.41, 5.74) is 2.80. The van der Waals surface area contributed by atoms with E-state index in [2.05, 4.69) is 15.3 Å². The van der Waals surface area contributed by atoms with Gasteiger partial charge in [-0.25, -0.2) is 9.97 Å². The summed E-state index contributed by atoms with van der Waals surface area (Å²) in [6.07, 6.45) is 8.80. The van der Waals surface area contributed by atoms with Crippen LogP contribution in [-0.2, 0) is 24.9 Å². The molecule has 0 aliphatic rings. The number of hydrogen-bond acceptors (Lipinski definition) is 5. The quantitative estimate of drug-likeness (QED) is 0.392. The van der Waals surface area contributed by atoms with Gasteiger partial charge in [-0.2, -0.15) is 4.39 Å². The Hall–Kier alpha value is -3.99. The molecule has 0 spiro atoms. The molecule has 4 aromatic rings. The largest absolute Gasteiger partial charge is 0.347 e. The molecule has 34 heavy (non-hydrogen) atoms. The van der Waals surface area contributed by atoms with E-state index in [-0.39, 0.29) is 18.4 Å². The SMILES string of the molecule is CN(C)C(=O)Cn1cc(/C=C/c2csc(NC(=O)c3cccn3Cc3ccnc(F)c3)n2)n1C. The minimum atomic E-state index is -0.558. The van der Waals surface area contributed by atoms with Crippen molar-refractivity contribution in [2.45, 2.75) is 13.1 Å². The van der Waals surface area contributed by atoms with Crippen LogP contribution in [0.2, 0.25) is 0 Å². The number of hydrogen-bond donors (Lipinski definition) is 1. The number of thiazole rings is 1. The van der Waals surface area contributed by atoms with Crippen molar-refractivity contribution >= 4 is 40.4 Å². The monoisotopic (exact) mass is 481 g/mol. The second kappa shape index (κ2) is 9.87. The summed E-state index contributed by atoms with van der Waals surface area (Å²) in [6.45, 7) is 0.631. The first-order valence-corrected chi connectivity index (χ1v) is 11.3. The van der Waals surface area contributed by atoms with Gasteiger partial charge < -0.3 is 9.47 Å². The second-order valence-electron chi connectivity index (χ2n) is 7.84. The van der Waals surface area contributed by atoms with Crippen molar-refractivity contribution in [2.24, 2.45) is 7.05 Å². The minimum Gasteiger partial charge on any atom is -0.347 e. The number of halogens is 1. The molecular formula is C23H24FN7O2S. The van der Waals surface area contributed by atoms with E-state index >= 15 is 0 Å². The van der Waals surface area contributed by atoms with E-state index in [0.29, 0.717) is 28.6 Å². The molecule has 0 saturated heterocycles. The van der Waals surface area contributed by atoms with Gasteiger partial charge in [0.15, 0.2) is 5.13 Å². The van der Waals surface area contributed by atoms with E-state index in [1.807, 2.05) is 40.1 Å². The number of likely N-dealkylation sites (N-methyl/N-ethyl adjacent to an activating group) is 1. The van der Waals surface area contributed by atoms with E-state index in [0.717, 1.165) is 5.69 Å². The molecule has 0 aromatic carbocycles. The number of amides is 2. The first-order chi connectivity index (χ1) is 16.3. The first-order valence-electron chi connectivity index (χ1n) is 10.4. The number of carbonyl (C=O) groups is 2. The average molecular weight is 482 g/mol. The van der Waals surface area contributed by atoms with E-state index in [9.17, 15) is 14.0 Å². The van der Waals surface area contributed by atoms with Gasteiger partial charge in [0.05, 0.1) is 11.4 Å². The Bertz CT molecular complexity index is 1340. The van der Waals surface area contributed by atoms with Crippen LogP contribution in [0.1, 0.15) is 27.4 Å². The lowest BCUT2D eigenvalue weighted by atomic mass is 10.2. The summed E-state index contributed by atoms with van der Waals surface area (Å²) in [5.74, 6) is -0.838. The zero-order chi connectivity index (χ0) is 24.2. The molecule has 0 saturated carbocycles. The van der Waals surface area contributed by atoms with Crippen molar-refractivity contribution in [3.8, 4) is 0 Å². The van der Waals surface area contributed by atoms with Gasteiger partial charge in [-0.05, 0) is 42.0 Å². The molecule has 4 aromatic heterocycles. The summed E-state index contributed by atoms with van der Waals surface area (Å²) in [7, 11) is 5.33. The van der Waals surface area contributed by atoms with Crippen molar-refractivity contribution in [3.05, 3.63) is 76.8 Å². The van der Waals surface area contributed by atoms with Crippen LogP contribution in [0.3, 0.4) is 0 Å². The molecule has 176 valence electrons. The summed E-state index contributed by atoms with van der Waals surface area (Å²) < 4.78 is 18.8. The summed E-state index contributed by atoms with van der Waals surface area (Å²) in [6, 6.07) is 6.52. The zero-order valence-electron chi connectivity index (χ0n) is 19.0. The van der Waals surface area contributed by atoms with E-state index in [4.69, 9.17) is 0 Å². The summed E-state index contributed by atoms with van der Waals surface area (Å²) >= 11 is 1.32. The first kappa shape index (κ1) is 23.2. The molecule has 0 atom stereocenters. The van der Waals surface area contributed by atoms with Crippen LogP contribution in [0.4, 0.5) is 9.52 Å². The fraction of sp³-hybridized carbons (Fsp3) is 0.217. The standard InChI is InChI=1S/C23H24FN7O2S/c1-28(2)21(32)14-31-13-18(29(31)3)7-6-17-15-34-23(26-17)27-22(33)19-5-4-10-30(19)12-16-8-9-25-20(24)11-16/h4-11,13,15H,12,14H2,1-3H3,(H,26,27,33)/b7-6+. The van der Waals surface area contributed by atoms with Crippen molar-refractivity contribution in [1.82, 2.24) is 28.8 Å². The fourth-order valence-corrected chi connectivity index (χ4v) is 3.92. The highest BCUT2D eigenvalue weighted by atomic mass is 32.1. The lowest BCUT2D eigenvalue weighted by Gasteiger charge is -2.22. The molecule has 1 N–H and O–H groups in total. The molecule has 4 rings (SSSR count). The average Bonchev–Trinajstić information content (AvgIpc) is 3.44. The van der Waals surface area contributed by atoms with Gasteiger partial charge in [0.2, 0.25) is 11.9 Å². The maximum Gasteiger partial charge on any atom is 0.274 e. The highest BCUT2D eigenvalue weighted by Crippen LogP contribution is 2.19. The lowest BCUT2D eigenvalue weighted by Crippen LogP contribution is -2.32. The van der Waals surface area contributed by atoms with Gasteiger partial charge in [-0.15, -0.1) is 11.3 Å². The van der Waals surface area contributed by atoms with E-state index < -0.39 is 5.95 Å². The van der Waals surface area contributed by atoms with Crippen LogP contribution in [0.5, 0.6) is 0 Å². The summed E-state index contributed by atoms with van der Waals surface area (Å²) in [4.78, 5) is 34.2. The molecule has 9 nitrogen and oxygen atoms in total. The number of nitrogens with zero attached hydrogens (tertiary/aromatic N) is 6. The highest BCUT2D eigenvalue weighted by Gasteiger charge is 2.14. The molecule has 0 unspecified atom stereocenters. The molecule has 2 amide bonds. The van der Waals surface area contributed by atoms with Gasteiger partial charge in [-0.1, -0.05) is 0 Å². The second-order valence-corrected chi connectivity index (χ2v) is 8.69. The van der Waals surface area contributed by atoms with Crippen molar-refractivity contribution < 1.29 is 14.0 Å². The summed E-state index contributed by atoms with van der Waals surface area (Å²) in [5, 5.41) is 5.14. The van der Waals surface area contributed by atoms with E-state index in [1.165, 1.54) is 23.6 Å². The third-order valence-electron chi connectivity index (χ3n) is 5.21. The Balaban J connectivity index is 1.37. The number of aromatic nitrogens is 5. The van der Waals surface area contributed by atoms with Gasteiger partial charge in [0.25, 0.3) is 5.91 Å². The molecule has 0 radical (unpaired) electrons. The third-order valence-corrected chi connectivity index (χ3v) is 5.99. The Morgan fingerprint density at radius 1 is 1.26 bits per heavy atom. The van der Waals surface area contributed by atoms with Gasteiger partial charge in [-0.3, -0.25) is 24.3 Å². The Kier molecular flexibility index (Phi) is 6.73. The predicted octanol–water partition coefficient (Wildman–Crippen LogP) is 3.18. The number of pyridine rings is 1. The minimum absolute atomic E-state index is 0.0186. The van der Waals surface area contributed by atoms with Crippen LogP contribution in [0.25, 0.3) is 12.2 Å². The maximum absolute atomic E-state index is 13.4. The Morgan fingerprint density at radius 3 is 2.82 bits per heavy atom. The van der Waals surface area contributed by atoms with Crippen molar-refractivity contribution in [3.63, 3.8) is 0 Å². The smallest absolute Gasteiger partial charge is 0.274 e. The number of carbonyl (C=O) groups excluding carboxylic acids is 2. The fourth-order valence-electron chi connectivity index (χ4n) is 3.25. The Labute approximate surface area is 199 Å².